The smallest absolute Gasteiger partial charge is 0.249 e. The summed E-state index contributed by atoms with van der Waals surface area (Å²) in [6.07, 6.45) is 0.575. The number of aliphatic imine (C=N–C) groups is 1. The predicted octanol–water partition coefficient (Wildman–Crippen LogP) is 0.291. The van der Waals surface area contributed by atoms with Crippen molar-refractivity contribution in [3.8, 4) is 5.75 Å². The van der Waals surface area contributed by atoms with Gasteiger partial charge in [0, 0.05) is 13.0 Å². The fraction of sp³-hybridized carbons (Fsp3) is 0.433. The van der Waals surface area contributed by atoms with E-state index in [2.05, 4.69) is 20.9 Å². The third-order valence-electron chi connectivity index (χ3n) is 6.57. The Balaban J connectivity index is 2.11. The highest BCUT2D eigenvalue weighted by Gasteiger charge is 2.31. The van der Waals surface area contributed by atoms with Crippen LogP contribution in [-0.2, 0) is 32.0 Å². The molecule has 12 nitrogen and oxygen atoms in total. The van der Waals surface area contributed by atoms with Crippen molar-refractivity contribution < 1.29 is 29.4 Å². The van der Waals surface area contributed by atoms with Gasteiger partial charge >= 0.3 is 0 Å². The third-order valence-corrected chi connectivity index (χ3v) is 6.57. The molecule has 0 heterocycles. The fourth-order valence-corrected chi connectivity index (χ4v) is 4.20. The van der Waals surface area contributed by atoms with Crippen LogP contribution in [0.2, 0.25) is 0 Å². The first-order chi connectivity index (χ1) is 20.0. The van der Waals surface area contributed by atoms with E-state index in [9.17, 15) is 29.4 Å². The van der Waals surface area contributed by atoms with E-state index in [0.717, 1.165) is 5.56 Å². The van der Waals surface area contributed by atoms with Crippen LogP contribution in [-0.4, -0.2) is 71.0 Å². The lowest BCUT2D eigenvalue weighted by molar-refractivity contribution is -0.136. The van der Waals surface area contributed by atoms with E-state index in [1.54, 1.807) is 26.0 Å². The Hall–Kier alpha value is -4.45. The zero-order valence-corrected chi connectivity index (χ0v) is 24.0. The number of aldehydes is 1. The molecule has 2 rings (SSSR count). The summed E-state index contributed by atoms with van der Waals surface area (Å²) < 4.78 is 0. The number of carbonyl (C=O) groups is 4. The molecular formula is C30H42N6O6. The van der Waals surface area contributed by atoms with E-state index in [1.807, 2.05) is 30.3 Å². The van der Waals surface area contributed by atoms with Crippen molar-refractivity contribution in [3.63, 3.8) is 0 Å². The van der Waals surface area contributed by atoms with Crippen molar-refractivity contribution in [3.05, 3.63) is 65.7 Å². The number of aliphatic hydroxyl groups is 1. The largest absolute Gasteiger partial charge is 0.508 e. The molecule has 3 amide bonds. The van der Waals surface area contributed by atoms with Crippen LogP contribution in [0.15, 0.2) is 59.6 Å². The number of guanidine groups is 1. The highest BCUT2D eigenvalue weighted by atomic mass is 16.3. The number of phenolic OH excluding ortho intramolecular Hbond substituents is 1. The maximum absolute atomic E-state index is 13.4. The van der Waals surface area contributed by atoms with Crippen LogP contribution in [0.25, 0.3) is 0 Å². The summed E-state index contributed by atoms with van der Waals surface area (Å²) in [4.78, 5) is 54.9. The molecular weight excluding hydrogens is 540 g/mol. The molecule has 0 aliphatic rings. The molecule has 4 atom stereocenters. The van der Waals surface area contributed by atoms with Gasteiger partial charge < -0.3 is 42.4 Å². The second-order valence-electron chi connectivity index (χ2n) is 10.4. The van der Waals surface area contributed by atoms with Gasteiger partial charge in [0.05, 0.1) is 6.04 Å². The SMILES string of the molecule is CC(C)[C@H](NC(=O)C(CCc1ccccc1)NC(=O)C(O)Cc1ccc(O)cc1)C(=O)NC(C=O)CCCN=C(N)N. The van der Waals surface area contributed by atoms with Gasteiger partial charge in [-0.05, 0) is 54.9 Å². The zero-order chi connectivity index (χ0) is 31.1. The number of nitrogens with one attached hydrogen (secondary N) is 3. The second-order valence-corrected chi connectivity index (χ2v) is 10.4. The van der Waals surface area contributed by atoms with Gasteiger partial charge in [-0.15, -0.1) is 0 Å². The van der Waals surface area contributed by atoms with E-state index in [-0.39, 0.29) is 30.5 Å². The molecule has 42 heavy (non-hydrogen) atoms. The summed E-state index contributed by atoms with van der Waals surface area (Å²) >= 11 is 0. The number of phenols is 1. The molecule has 0 saturated heterocycles. The highest BCUT2D eigenvalue weighted by molar-refractivity contribution is 5.93. The van der Waals surface area contributed by atoms with Crippen molar-refractivity contribution in [1.82, 2.24) is 16.0 Å². The second kappa shape index (κ2) is 17.4. The molecule has 2 aromatic rings. The van der Waals surface area contributed by atoms with Crippen molar-refractivity contribution in [2.45, 2.75) is 70.2 Å². The van der Waals surface area contributed by atoms with Crippen LogP contribution < -0.4 is 27.4 Å². The number of hydrogen-bond acceptors (Lipinski definition) is 7. The first-order valence-corrected chi connectivity index (χ1v) is 13.9. The van der Waals surface area contributed by atoms with E-state index in [4.69, 9.17) is 11.5 Å². The Morgan fingerprint density at radius 3 is 2.14 bits per heavy atom. The van der Waals surface area contributed by atoms with Crippen LogP contribution in [0, 0.1) is 5.92 Å². The molecule has 0 spiro atoms. The van der Waals surface area contributed by atoms with Crippen molar-refractivity contribution in [1.29, 1.82) is 0 Å². The molecule has 3 unspecified atom stereocenters. The maximum atomic E-state index is 13.4. The number of aromatic hydroxyl groups is 1. The van der Waals surface area contributed by atoms with Crippen molar-refractivity contribution in [2.75, 3.05) is 6.54 Å². The van der Waals surface area contributed by atoms with Gasteiger partial charge in [-0.3, -0.25) is 19.4 Å². The number of hydrogen-bond donors (Lipinski definition) is 7. The molecule has 0 aliphatic carbocycles. The minimum Gasteiger partial charge on any atom is -0.508 e. The Kier molecular flexibility index (Phi) is 14.0. The third kappa shape index (κ3) is 12.0. The normalized spacial score (nSPS) is 13.7. The number of amides is 3. The van der Waals surface area contributed by atoms with Gasteiger partial charge in [-0.1, -0.05) is 56.3 Å². The molecule has 0 saturated carbocycles. The van der Waals surface area contributed by atoms with Crippen molar-refractivity contribution in [2.24, 2.45) is 22.4 Å². The molecule has 0 aromatic heterocycles. The number of aliphatic hydroxyl groups excluding tert-OH is 1. The minimum absolute atomic E-state index is 0.0214. The van der Waals surface area contributed by atoms with Gasteiger partial charge in [-0.2, -0.15) is 0 Å². The lowest BCUT2D eigenvalue weighted by atomic mass is 10.00. The number of benzene rings is 2. The Bertz CT molecular complexity index is 1180. The van der Waals surface area contributed by atoms with E-state index in [0.29, 0.717) is 37.7 Å². The molecule has 2 aromatic carbocycles. The standard InChI is InChI=1S/C30H42N6O6/c1-19(2)26(29(42)34-22(18-37)9-6-16-33-30(31)32)36-27(40)24(15-12-20-7-4-3-5-8-20)35-28(41)25(39)17-21-10-13-23(38)14-11-21/h3-5,7-8,10-11,13-14,18-19,22,24-26,38-39H,6,9,12,15-17H2,1-2H3,(H,34,42)(H,35,41)(H,36,40)(H4,31,32,33)/t22?,24?,25?,26-/m0/s1. The number of rotatable bonds is 17. The van der Waals surface area contributed by atoms with Crippen LogP contribution in [0.5, 0.6) is 5.75 Å². The Morgan fingerprint density at radius 1 is 0.881 bits per heavy atom. The summed E-state index contributed by atoms with van der Waals surface area (Å²) in [5.74, 6) is -2.23. The zero-order valence-electron chi connectivity index (χ0n) is 24.0. The molecule has 9 N–H and O–H groups in total. The number of carbonyl (C=O) groups excluding carboxylic acids is 4. The number of nitrogens with zero attached hydrogens (tertiary/aromatic N) is 1. The Morgan fingerprint density at radius 2 is 1.55 bits per heavy atom. The number of aryl methyl sites for hydroxylation is 1. The molecule has 0 fully saturated rings. The summed E-state index contributed by atoms with van der Waals surface area (Å²) in [7, 11) is 0. The fourth-order valence-electron chi connectivity index (χ4n) is 4.20. The van der Waals surface area contributed by atoms with E-state index in [1.165, 1.54) is 12.1 Å². The summed E-state index contributed by atoms with van der Waals surface area (Å²) in [5, 5.41) is 28.0. The van der Waals surface area contributed by atoms with Crippen molar-refractivity contribution >= 4 is 30.0 Å². The van der Waals surface area contributed by atoms with Crippen LogP contribution in [0.3, 0.4) is 0 Å². The minimum atomic E-state index is -1.45. The molecule has 0 radical (unpaired) electrons. The van der Waals surface area contributed by atoms with E-state index < -0.39 is 42.0 Å². The average molecular weight is 583 g/mol. The van der Waals surface area contributed by atoms with Gasteiger partial charge in [0.1, 0.15) is 30.2 Å². The summed E-state index contributed by atoms with van der Waals surface area (Å²) in [6, 6.07) is 12.6. The summed E-state index contributed by atoms with van der Waals surface area (Å²) in [5.41, 5.74) is 12.2. The molecule has 0 aliphatic heterocycles. The lowest BCUT2D eigenvalue weighted by Gasteiger charge is -2.27. The van der Waals surface area contributed by atoms with Gasteiger partial charge in [0.15, 0.2) is 5.96 Å². The number of nitrogens with two attached hydrogens (primary N) is 2. The quantitative estimate of drug-likeness (QED) is 0.0595. The van der Waals surface area contributed by atoms with Gasteiger partial charge in [-0.25, -0.2) is 0 Å². The monoisotopic (exact) mass is 582 g/mol. The average Bonchev–Trinajstić information content (AvgIpc) is 2.96. The molecule has 12 heteroatoms. The van der Waals surface area contributed by atoms with Gasteiger partial charge in [0.2, 0.25) is 17.7 Å². The summed E-state index contributed by atoms with van der Waals surface area (Å²) in [6.45, 7) is 3.80. The van der Waals surface area contributed by atoms with Gasteiger partial charge in [0.25, 0.3) is 0 Å². The van der Waals surface area contributed by atoms with E-state index >= 15 is 0 Å². The highest BCUT2D eigenvalue weighted by Crippen LogP contribution is 2.13. The Labute approximate surface area is 246 Å². The topological polar surface area (TPSA) is 209 Å². The van der Waals surface area contributed by atoms with Crippen LogP contribution >= 0.6 is 0 Å². The predicted molar refractivity (Wildman–Crippen MR) is 159 cm³/mol. The first-order valence-electron chi connectivity index (χ1n) is 13.9. The maximum Gasteiger partial charge on any atom is 0.249 e. The molecule has 228 valence electrons. The van der Waals surface area contributed by atoms with Crippen LogP contribution in [0.4, 0.5) is 0 Å². The molecule has 0 bridgehead atoms. The lowest BCUT2D eigenvalue weighted by Crippen LogP contribution is -2.57. The van der Waals surface area contributed by atoms with Crippen LogP contribution in [0.1, 0.15) is 44.2 Å². The first kappa shape index (κ1) is 33.8.